The van der Waals surface area contributed by atoms with Crippen molar-refractivity contribution in [1.82, 2.24) is 5.32 Å². The maximum absolute atomic E-state index is 12.7. The van der Waals surface area contributed by atoms with Crippen molar-refractivity contribution in [2.75, 3.05) is 13.1 Å². The Balaban J connectivity index is 2.62. The van der Waals surface area contributed by atoms with E-state index in [1.807, 2.05) is 0 Å². The van der Waals surface area contributed by atoms with Crippen LogP contribution in [0.25, 0.3) is 0 Å². The summed E-state index contributed by atoms with van der Waals surface area (Å²) in [4.78, 5) is 10.2. The van der Waals surface area contributed by atoms with Crippen LogP contribution in [-0.2, 0) is 4.79 Å². The van der Waals surface area contributed by atoms with Crippen LogP contribution < -0.4 is 5.32 Å². The molecule has 64 valence electrons. The number of hydrogen-bond acceptors (Lipinski definition) is 2. The van der Waals surface area contributed by atoms with Crippen LogP contribution >= 0.6 is 11.6 Å². The minimum Gasteiger partial charge on any atom is -0.316 e. The molecular weight excluding hydrogens is 176 g/mol. The average Bonchev–Trinajstić information content (AvgIpc) is 2.37. The van der Waals surface area contributed by atoms with E-state index in [4.69, 9.17) is 11.6 Å². The third kappa shape index (κ3) is 1.68. The molecule has 0 aromatic rings. The van der Waals surface area contributed by atoms with Gasteiger partial charge in [-0.2, -0.15) is 8.78 Å². The van der Waals surface area contributed by atoms with E-state index in [1.165, 1.54) is 0 Å². The van der Waals surface area contributed by atoms with Crippen LogP contribution in [0.4, 0.5) is 8.78 Å². The summed E-state index contributed by atoms with van der Waals surface area (Å²) in [5, 5.41) is 1.19. The van der Waals surface area contributed by atoms with Gasteiger partial charge in [-0.05, 0) is 24.6 Å². The van der Waals surface area contributed by atoms with Gasteiger partial charge >= 0.3 is 5.92 Å². The van der Waals surface area contributed by atoms with E-state index >= 15 is 0 Å². The Morgan fingerprint density at radius 2 is 2.27 bits per heavy atom. The Kier molecular flexibility index (Phi) is 2.44. The van der Waals surface area contributed by atoms with Crippen molar-refractivity contribution in [2.45, 2.75) is 12.3 Å². The van der Waals surface area contributed by atoms with Crippen LogP contribution in [0.3, 0.4) is 0 Å². The average molecular weight is 184 g/mol. The first-order valence-corrected chi connectivity index (χ1v) is 3.71. The highest BCUT2D eigenvalue weighted by Crippen LogP contribution is 2.31. The van der Waals surface area contributed by atoms with Gasteiger partial charge in [0.25, 0.3) is 5.24 Å². The number of carbonyl (C=O) groups is 1. The molecule has 5 heteroatoms. The van der Waals surface area contributed by atoms with Gasteiger partial charge in [0, 0.05) is 12.5 Å². The highest BCUT2D eigenvalue weighted by Gasteiger charge is 2.46. The SMILES string of the molecule is O=C(Cl)C(F)(F)C1CCNC1. The Labute approximate surface area is 67.9 Å². The van der Waals surface area contributed by atoms with Gasteiger partial charge in [0.05, 0.1) is 0 Å². The topological polar surface area (TPSA) is 29.1 Å². The molecule has 0 aliphatic carbocycles. The van der Waals surface area contributed by atoms with E-state index in [2.05, 4.69) is 5.32 Å². The summed E-state index contributed by atoms with van der Waals surface area (Å²) in [6.07, 6.45) is 0.311. The number of halogens is 3. The van der Waals surface area contributed by atoms with Crippen molar-refractivity contribution in [1.29, 1.82) is 0 Å². The van der Waals surface area contributed by atoms with Crippen molar-refractivity contribution in [3.05, 3.63) is 0 Å². The van der Waals surface area contributed by atoms with Gasteiger partial charge in [0.1, 0.15) is 0 Å². The van der Waals surface area contributed by atoms with Crippen molar-refractivity contribution >= 4 is 16.8 Å². The molecule has 0 bridgehead atoms. The fourth-order valence-electron chi connectivity index (χ4n) is 1.12. The zero-order valence-electron chi connectivity index (χ0n) is 5.74. The van der Waals surface area contributed by atoms with Gasteiger partial charge in [0.2, 0.25) is 0 Å². The zero-order chi connectivity index (χ0) is 8.48. The van der Waals surface area contributed by atoms with Crippen LogP contribution in [0, 0.1) is 5.92 Å². The molecule has 0 aromatic carbocycles. The molecule has 1 aliphatic heterocycles. The number of hydrogen-bond donors (Lipinski definition) is 1. The lowest BCUT2D eigenvalue weighted by molar-refractivity contribution is -0.140. The second-order valence-electron chi connectivity index (χ2n) is 2.59. The van der Waals surface area contributed by atoms with E-state index in [0.717, 1.165) is 0 Å². The van der Waals surface area contributed by atoms with E-state index in [9.17, 15) is 13.6 Å². The van der Waals surface area contributed by atoms with Crippen LogP contribution in [-0.4, -0.2) is 24.3 Å². The predicted molar refractivity (Wildman–Crippen MR) is 36.8 cm³/mol. The van der Waals surface area contributed by atoms with Crippen LogP contribution in [0.15, 0.2) is 0 Å². The third-order valence-corrected chi connectivity index (χ3v) is 2.09. The lowest BCUT2D eigenvalue weighted by Gasteiger charge is -2.17. The molecule has 11 heavy (non-hydrogen) atoms. The third-order valence-electron chi connectivity index (χ3n) is 1.84. The van der Waals surface area contributed by atoms with Crippen molar-refractivity contribution < 1.29 is 13.6 Å². The summed E-state index contributed by atoms with van der Waals surface area (Å²) in [5.74, 6) is -4.28. The Morgan fingerprint density at radius 3 is 2.64 bits per heavy atom. The summed E-state index contributed by atoms with van der Waals surface area (Å²) < 4.78 is 25.5. The quantitative estimate of drug-likeness (QED) is 0.647. The fraction of sp³-hybridized carbons (Fsp3) is 0.833. The van der Waals surface area contributed by atoms with Gasteiger partial charge in [0.15, 0.2) is 0 Å². The number of carbonyl (C=O) groups excluding carboxylic acids is 1. The van der Waals surface area contributed by atoms with Crippen molar-refractivity contribution in [2.24, 2.45) is 5.92 Å². The van der Waals surface area contributed by atoms with Crippen molar-refractivity contribution in [3.8, 4) is 0 Å². The molecule has 0 aromatic heterocycles. The van der Waals surface area contributed by atoms with E-state index in [0.29, 0.717) is 13.0 Å². The monoisotopic (exact) mass is 183 g/mol. The van der Waals surface area contributed by atoms with Gasteiger partial charge in [-0.25, -0.2) is 0 Å². The van der Waals surface area contributed by atoms with Crippen LogP contribution in [0.2, 0.25) is 0 Å². The largest absolute Gasteiger partial charge is 0.324 e. The first-order valence-electron chi connectivity index (χ1n) is 3.33. The molecule has 1 heterocycles. The van der Waals surface area contributed by atoms with E-state index < -0.39 is 17.1 Å². The summed E-state index contributed by atoms with van der Waals surface area (Å²) in [6.45, 7) is 0.704. The molecule has 1 fully saturated rings. The molecular formula is C6H8ClF2NO. The fourth-order valence-corrected chi connectivity index (χ4v) is 1.28. The second-order valence-corrected chi connectivity index (χ2v) is 2.93. The first kappa shape index (κ1) is 8.87. The van der Waals surface area contributed by atoms with Crippen molar-refractivity contribution in [3.63, 3.8) is 0 Å². The lowest BCUT2D eigenvalue weighted by Crippen LogP contribution is -2.35. The smallest absolute Gasteiger partial charge is 0.316 e. The molecule has 0 amide bonds. The molecule has 1 rings (SSSR count). The molecule has 1 aliphatic rings. The highest BCUT2D eigenvalue weighted by atomic mass is 35.5. The maximum Gasteiger partial charge on any atom is 0.324 e. The molecule has 1 saturated heterocycles. The standard InChI is InChI=1S/C6H8ClF2NO/c7-5(11)6(8,9)4-1-2-10-3-4/h4,10H,1-3H2. The predicted octanol–water partition coefficient (Wildman–Crippen LogP) is 0.997. The van der Waals surface area contributed by atoms with E-state index in [-0.39, 0.29) is 6.54 Å². The van der Waals surface area contributed by atoms with E-state index in [1.54, 1.807) is 0 Å². The number of rotatable bonds is 2. The van der Waals surface area contributed by atoms with Gasteiger partial charge in [-0.1, -0.05) is 0 Å². The minimum absolute atomic E-state index is 0.172. The van der Waals surface area contributed by atoms with Gasteiger partial charge in [-0.15, -0.1) is 0 Å². The Morgan fingerprint density at radius 1 is 1.64 bits per heavy atom. The molecule has 2 nitrogen and oxygen atoms in total. The summed E-state index contributed by atoms with van der Waals surface area (Å²) >= 11 is 4.73. The van der Waals surface area contributed by atoms with Crippen LogP contribution in [0.5, 0.6) is 0 Å². The Hall–Kier alpha value is -0.220. The molecule has 0 saturated carbocycles. The summed E-state index contributed by atoms with van der Waals surface area (Å²) in [5.41, 5.74) is 0. The summed E-state index contributed by atoms with van der Waals surface area (Å²) in [7, 11) is 0. The Bertz CT molecular complexity index is 168. The first-order chi connectivity index (χ1) is 5.05. The molecule has 1 atom stereocenters. The molecule has 0 spiro atoms. The minimum atomic E-state index is -3.36. The highest BCUT2D eigenvalue weighted by molar-refractivity contribution is 6.65. The van der Waals surface area contributed by atoms with Gasteiger partial charge in [-0.3, -0.25) is 4.79 Å². The van der Waals surface area contributed by atoms with Gasteiger partial charge < -0.3 is 5.32 Å². The maximum atomic E-state index is 12.7. The lowest BCUT2D eigenvalue weighted by atomic mass is 10.0. The molecule has 0 radical (unpaired) electrons. The zero-order valence-corrected chi connectivity index (χ0v) is 6.50. The number of alkyl halides is 2. The van der Waals surface area contributed by atoms with Crippen LogP contribution in [0.1, 0.15) is 6.42 Å². The number of nitrogens with one attached hydrogen (secondary N) is 1. The molecule has 1 N–H and O–H groups in total. The summed E-state index contributed by atoms with van der Waals surface area (Å²) in [6, 6.07) is 0. The normalized spacial score (nSPS) is 25.5. The second kappa shape index (κ2) is 3.03. The molecule has 1 unspecified atom stereocenters.